The maximum absolute atomic E-state index is 11.5. The van der Waals surface area contributed by atoms with Crippen LogP contribution in [0.2, 0.25) is 10.0 Å². The highest BCUT2D eigenvalue weighted by molar-refractivity contribution is 6.35. The van der Waals surface area contributed by atoms with E-state index in [0.29, 0.717) is 22.2 Å². The topological polar surface area (TPSA) is 102 Å². The van der Waals surface area contributed by atoms with Crippen LogP contribution in [-0.4, -0.2) is 75.5 Å². The molecule has 2 atom stereocenters. The summed E-state index contributed by atoms with van der Waals surface area (Å²) in [5.41, 5.74) is 7.00. The van der Waals surface area contributed by atoms with Crippen molar-refractivity contribution in [3.63, 3.8) is 0 Å². The summed E-state index contributed by atoms with van der Waals surface area (Å²) in [6.07, 6.45) is 2.14. The van der Waals surface area contributed by atoms with Gasteiger partial charge in [-0.2, -0.15) is 0 Å². The number of amides is 1. The first-order valence-electron chi connectivity index (χ1n) is 11.6. The summed E-state index contributed by atoms with van der Waals surface area (Å²) in [5, 5.41) is 0.929. The van der Waals surface area contributed by atoms with Crippen molar-refractivity contribution in [3.05, 3.63) is 58.1 Å². The zero-order chi connectivity index (χ0) is 25.5. The Morgan fingerprint density at radius 3 is 2.61 bits per heavy atom. The van der Waals surface area contributed by atoms with Gasteiger partial charge in [-0.25, -0.2) is 4.99 Å². The number of ether oxygens (including phenoxy) is 3. The fraction of sp³-hybridized carbons (Fsp3) is 0.400. The van der Waals surface area contributed by atoms with Crippen LogP contribution in [0.5, 0.6) is 5.75 Å². The molecule has 0 bridgehead atoms. The van der Waals surface area contributed by atoms with E-state index in [1.54, 1.807) is 25.1 Å². The van der Waals surface area contributed by atoms with Gasteiger partial charge < -0.3 is 29.7 Å². The normalized spacial score (nSPS) is 22.6. The summed E-state index contributed by atoms with van der Waals surface area (Å²) in [7, 11) is 0. The third kappa shape index (κ3) is 6.28. The molecule has 192 valence electrons. The summed E-state index contributed by atoms with van der Waals surface area (Å²) in [4.78, 5) is 23.7. The minimum Gasteiger partial charge on any atom is -0.491 e. The molecule has 0 radical (unpaired) electrons. The Bertz CT molecular complexity index is 1110. The number of hydrogen-bond donors (Lipinski definition) is 1. The van der Waals surface area contributed by atoms with E-state index >= 15 is 0 Å². The molecule has 2 aromatic rings. The molecule has 1 amide bonds. The number of aliphatic imine (C=N–C) groups is 2. The van der Waals surface area contributed by atoms with Crippen molar-refractivity contribution in [3.8, 4) is 5.75 Å². The molecule has 0 spiro atoms. The molecular weight excluding hydrogens is 505 g/mol. The summed E-state index contributed by atoms with van der Waals surface area (Å²) in [5.74, 6) is -0.348. The number of rotatable bonds is 8. The number of nitrogens with zero attached hydrogens (tertiary/aromatic N) is 4. The standard InChI is InChI=1S/C25H29Cl2N5O4/c1-18(33)31-8-10-32(11-9-31)20-3-5-21(6-4-20)34-13-22-14-35-25(36-22,15-29-17-30-16-28)23-7-2-19(26)12-24(23)27/h2-7,12,16-17,22H,8-11,13-15H2,1H3,(H2,28,29,30). The monoisotopic (exact) mass is 533 g/mol. The molecule has 2 aliphatic heterocycles. The highest BCUT2D eigenvalue weighted by Gasteiger charge is 2.45. The third-order valence-corrected chi connectivity index (χ3v) is 6.65. The van der Waals surface area contributed by atoms with E-state index in [2.05, 4.69) is 14.9 Å². The first-order chi connectivity index (χ1) is 17.4. The fourth-order valence-electron chi connectivity index (χ4n) is 4.22. The fourth-order valence-corrected chi connectivity index (χ4v) is 4.78. The van der Waals surface area contributed by atoms with Crippen LogP contribution in [0.3, 0.4) is 0 Å². The second-order valence-electron chi connectivity index (χ2n) is 8.48. The second kappa shape index (κ2) is 11.9. The Morgan fingerprint density at radius 2 is 1.94 bits per heavy atom. The van der Waals surface area contributed by atoms with Gasteiger partial charge in [0.2, 0.25) is 11.7 Å². The maximum atomic E-state index is 11.5. The maximum Gasteiger partial charge on any atom is 0.219 e. The van der Waals surface area contributed by atoms with Crippen LogP contribution in [0.15, 0.2) is 52.4 Å². The van der Waals surface area contributed by atoms with Crippen LogP contribution in [0.4, 0.5) is 5.69 Å². The zero-order valence-electron chi connectivity index (χ0n) is 20.0. The van der Waals surface area contributed by atoms with E-state index in [1.165, 1.54) is 6.34 Å². The van der Waals surface area contributed by atoms with Crippen molar-refractivity contribution < 1.29 is 19.0 Å². The SMILES string of the molecule is CC(=O)N1CCN(c2ccc(OCC3COC(CN=CN=CN)(c4ccc(Cl)cc4Cl)O3)cc2)CC1. The number of piperazine rings is 1. The van der Waals surface area contributed by atoms with Gasteiger partial charge in [-0.05, 0) is 36.4 Å². The van der Waals surface area contributed by atoms with Crippen molar-refractivity contribution in [2.45, 2.75) is 18.8 Å². The predicted octanol–water partition coefficient (Wildman–Crippen LogP) is 3.32. The van der Waals surface area contributed by atoms with Crippen molar-refractivity contribution in [2.75, 3.05) is 50.8 Å². The van der Waals surface area contributed by atoms with Crippen molar-refractivity contribution in [2.24, 2.45) is 15.7 Å². The van der Waals surface area contributed by atoms with E-state index in [-0.39, 0.29) is 25.2 Å². The minimum atomic E-state index is -1.19. The highest BCUT2D eigenvalue weighted by atomic mass is 35.5. The van der Waals surface area contributed by atoms with Crippen LogP contribution >= 0.6 is 23.2 Å². The van der Waals surface area contributed by atoms with Gasteiger partial charge in [0, 0.05) is 49.4 Å². The predicted molar refractivity (Wildman–Crippen MR) is 141 cm³/mol. The molecule has 2 aromatic carbocycles. The molecule has 2 N–H and O–H groups in total. The van der Waals surface area contributed by atoms with Gasteiger partial charge >= 0.3 is 0 Å². The largest absolute Gasteiger partial charge is 0.491 e. The summed E-state index contributed by atoms with van der Waals surface area (Å²) in [6, 6.07) is 13.0. The van der Waals surface area contributed by atoms with Gasteiger partial charge in [-0.3, -0.25) is 9.79 Å². The Morgan fingerprint density at radius 1 is 1.19 bits per heavy atom. The van der Waals surface area contributed by atoms with Crippen LogP contribution in [0.1, 0.15) is 12.5 Å². The Hall–Kier alpha value is -2.85. The van der Waals surface area contributed by atoms with Crippen LogP contribution in [0.25, 0.3) is 0 Å². The number of benzene rings is 2. The van der Waals surface area contributed by atoms with E-state index in [1.807, 2.05) is 29.2 Å². The van der Waals surface area contributed by atoms with Crippen molar-refractivity contribution in [1.29, 1.82) is 0 Å². The molecule has 9 nitrogen and oxygen atoms in total. The first kappa shape index (κ1) is 26.2. The summed E-state index contributed by atoms with van der Waals surface area (Å²) < 4.78 is 18.4. The molecule has 0 aromatic heterocycles. The third-order valence-electron chi connectivity index (χ3n) is 6.10. The Kier molecular flexibility index (Phi) is 8.68. The average Bonchev–Trinajstić information content (AvgIpc) is 3.30. The smallest absolute Gasteiger partial charge is 0.219 e. The highest BCUT2D eigenvalue weighted by Crippen LogP contribution is 2.39. The number of carbonyl (C=O) groups is 1. The lowest BCUT2D eigenvalue weighted by atomic mass is 10.1. The van der Waals surface area contributed by atoms with Crippen LogP contribution in [0, 0.1) is 0 Å². The summed E-state index contributed by atoms with van der Waals surface area (Å²) >= 11 is 12.5. The lowest BCUT2D eigenvalue weighted by Crippen LogP contribution is -2.48. The van der Waals surface area contributed by atoms with Crippen molar-refractivity contribution >= 4 is 47.5 Å². The van der Waals surface area contributed by atoms with E-state index in [0.717, 1.165) is 44.0 Å². The Labute approximate surface area is 220 Å². The number of hydrogen-bond acceptors (Lipinski definition) is 6. The van der Waals surface area contributed by atoms with E-state index in [9.17, 15) is 4.79 Å². The molecule has 0 saturated carbocycles. The minimum absolute atomic E-state index is 0.120. The molecule has 2 aliphatic rings. The number of carbonyl (C=O) groups excluding carboxylic acids is 1. The summed E-state index contributed by atoms with van der Waals surface area (Å²) in [6.45, 7) is 5.40. The molecule has 2 fully saturated rings. The quantitative estimate of drug-likeness (QED) is 0.412. The lowest BCUT2D eigenvalue weighted by Gasteiger charge is -2.35. The van der Waals surface area contributed by atoms with Gasteiger partial charge in [0.05, 0.1) is 24.5 Å². The van der Waals surface area contributed by atoms with Gasteiger partial charge in [0.15, 0.2) is 0 Å². The van der Waals surface area contributed by atoms with Gasteiger partial charge in [0.25, 0.3) is 0 Å². The van der Waals surface area contributed by atoms with Crippen LogP contribution < -0.4 is 15.4 Å². The van der Waals surface area contributed by atoms with E-state index < -0.39 is 5.79 Å². The molecule has 2 heterocycles. The van der Waals surface area contributed by atoms with Crippen LogP contribution in [-0.2, 0) is 20.1 Å². The number of halogens is 2. The lowest BCUT2D eigenvalue weighted by molar-refractivity contribution is -0.170. The molecule has 0 aliphatic carbocycles. The number of anilines is 1. The molecule has 4 rings (SSSR count). The average molecular weight is 534 g/mol. The molecular formula is C25H29Cl2N5O4. The molecule has 2 saturated heterocycles. The van der Waals surface area contributed by atoms with Gasteiger partial charge in [-0.1, -0.05) is 29.3 Å². The van der Waals surface area contributed by atoms with Crippen molar-refractivity contribution in [1.82, 2.24) is 4.90 Å². The van der Waals surface area contributed by atoms with E-state index in [4.69, 9.17) is 43.1 Å². The second-order valence-corrected chi connectivity index (χ2v) is 9.32. The molecule has 2 unspecified atom stereocenters. The van der Waals surface area contributed by atoms with Gasteiger partial charge in [-0.15, -0.1) is 0 Å². The zero-order valence-corrected chi connectivity index (χ0v) is 21.5. The molecule has 36 heavy (non-hydrogen) atoms. The molecule has 11 heteroatoms. The Balaban J connectivity index is 1.37. The first-order valence-corrected chi connectivity index (χ1v) is 12.4. The number of nitrogens with two attached hydrogens (primary N) is 1. The van der Waals surface area contributed by atoms with Gasteiger partial charge in [0.1, 0.15) is 24.8 Å².